The van der Waals surface area contributed by atoms with E-state index in [2.05, 4.69) is 16.4 Å². The van der Waals surface area contributed by atoms with E-state index < -0.39 is 10.8 Å². The van der Waals surface area contributed by atoms with Crippen molar-refractivity contribution in [3.8, 4) is 0 Å². The average Bonchev–Trinajstić information content (AvgIpc) is 2.99. The van der Waals surface area contributed by atoms with Crippen molar-refractivity contribution in [2.45, 2.75) is 24.1 Å². The van der Waals surface area contributed by atoms with Gasteiger partial charge in [-0.2, -0.15) is 0 Å². The molecule has 23 heavy (non-hydrogen) atoms. The van der Waals surface area contributed by atoms with Crippen LogP contribution in [-0.2, 0) is 23.1 Å². The number of hydrogen-bond acceptors (Lipinski definition) is 4. The lowest BCUT2D eigenvalue weighted by molar-refractivity contribution is 0.682. The average molecular weight is 342 g/mol. The lowest BCUT2D eigenvalue weighted by Gasteiger charge is -2.08. The van der Waals surface area contributed by atoms with Crippen LogP contribution in [-0.4, -0.2) is 9.19 Å². The van der Waals surface area contributed by atoms with Crippen LogP contribution in [0.15, 0.2) is 65.0 Å². The number of benzene rings is 2. The molecule has 0 saturated heterocycles. The van der Waals surface area contributed by atoms with Crippen molar-refractivity contribution in [2.75, 3.05) is 5.32 Å². The fraction of sp³-hybridized carbons (Fsp3) is 0.167. The van der Waals surface area contributed by atoms with E-state index in [9.17, 15) is 4.21 Å². The summed E-state index contributed by atoms with van der Waals surface area (Å²) in [5.41, 5.74) is 5.05. The first-order valence-electron chi connectivity index (χ1n) is 7.37. The number of hydrogen-bond donors (Lipinski definition) is 1. The molecule has 1 N–H and O–H groups in total. The van der Waals surface area contributed by atoms with Crippen molar-refractivity contribution in [2.24, 2.45) is 0 Å². The number of aryl methyl sites for hydroxylation is 1. The zero-order chi connectivity index (χ0) is 16.1. The molecule has 0 amide bonds. The Bertz CT molecular complexity index is 800. The van der Waals surface area contributed by atoms with Gasteiger partial charge in [-0.05, 0) is 36.8 Å². The lowest BCUT2D eigenvalue weighted by atomic mass is 10.2. The van der Waals surface area contributed by atoms with Crippen molar-refractivity contribution in [3.63, 3.8) is 0 Å². The Balaban J connectivity index is 1.65. The van der Waals surface area contributed by atoms with Gasteiger partial charge in [-0.25, -0.2) is 4.98 Å². The summed E-state index contributed by atoms with van der Waals surface area (Å²) >= 11 is 1.66. The quantitative estimate of drug-likeness (QED) is 0.723. The smallest absolute Gasteiger partial charge is 0.0798 e. The summed E-state index contributed by atoms with van der Waals surface area (Å²) in [7, 11) is -1.02. The van der Waals surface area contributed by atoms with Crippen LogP contribution in [0.2, 0.25) is 0 Å². The van der Waals surface area contributed by atoms with E-state index in [1.807, 2.05) is 61.0 Å². The molecular weight excluding hydrogens is 324 g/mol. The SMILES string of the molecule is Cc1ncsc1CNc1cccc(C[S@@](=O)c2ccccc2)c1. The molecule has 0 aliphatic rings. The highest BCUT2D eigenvalue weighted by molar-refractivity contribution is 7.84. The third-order valence-electron chi connectivity index (χ3n) is 3.53. The summed E-state index contributed by atoms with van der Waals surface area (Å²) in [5.74, 6) is 0.527. The second-order valence-electron chi connectivity index (χ2n) is 5.22. The van der Waals surface area contributed by atoms with Gasteiger partial charge in [0, 0.05) is 15.5 Å². The molecule has 0 fully saturated rings. The van der Waals surface area contributed by atoms with Crippen LogP contribution in [0.1, 0.15) is 16.1 Å². The molecule has 3 nitrogen and oxygen atoms in total. The zero-order valence-corrected chi connectivity index (χ0v) is 14.5. The molecule has 0 aliphatic carbocycles. The first kappa shape index (κ1) is 15.9. The molecule has 5 heteroatoms. The summed E-state index contributed by atoms with van der Waals surface area (Å²) in [4.78, 5) is 6.36. The minimum atomic E-state index is -1.02. The fourth-order valence-electron chi connectivity index (χ4n) is 2.26. The molecule has 0 saturated carbocycles. The van der Waals surface area contributed by atoms with Crippen LogP contribution >= 0.6 is 11.3 Å². The highest BCUT2D eigenvalue weighted by Gasteiger charge is 2.06. The van der Waals surface area contributed by atoms with Crippen molar-refractivity contribution < 1.29 is 4.21 Å². The first-order valence-corrected chi connectivity index (χ1v) is 9.57. The topological polar surface area (TPSA) is 42.0 Å². The number of anilines is 1. The van der Waals surface area contributed by atoms with Crippen LogP contribution in [0, 0.1) is 6.92 Å². The summed E-state index contributed by atoms with van der Waals surface area (Å²) in [6, 6.07) is 17.7. The van der Waals surface area contributed by atoms with Crippen molar-refractivity contribution in [1.82, 2.24) is 4.98 Å². The van der Waals surface area contributed by atoms with Gasteiger partial charge < -0.3 is 5.32 Å². The molecule has 0 spiro atoms. The van der Waals surface area contributed by atoms with E-state index in [1.165, 1.54) is 4.88 Å². The predicted octanol–water partition coefficient (Wildman–Crippen LogP) is 4.37. The highest BCUT2D eigenvalue weighted by Crippen LogP contribution is 2.18. The van der Waals surface area contributed by atoms with Gasteiger partial charge in [-0.15, -0.1) is 11.3 Å². The van der Waals surface area contributed by atoms with Gasteiger partial charge in [-0.3, -0.25) is 4.21 Å². The maximum Gasteiger partial charge on any atom is 0.0798 e. The van der Waals surface area contributed by atoms with Gasteiger partial charge in [0.1, 0.15) is 0 Å². The predicted molar refractivity (Wildman–Crippen MR) is 97.2 cm³/mol. The molecule has 1 heterocycles. The Morgan fingerprint density at radius 1 is 1.13 bits per heavy atom. The highest BCUT2D eigenvalue weighted by atomic mass is 32.2. The van der Waals surface area contributed by atoms with E-state index in [1.54, 1.807) is 11.3 Å². The third-order valence-corrected chi connectivity index (χ3v) is 5.86. The van der Waals surface area contributed by atoms with E-state index in [-0.39, 0.29) is 0 Å². The largest absolute Gasteiger partial charge is 0.380 e. The van der Waals surface area contributed by atoms with E-state index in [0.717, 1.165) is 28.4 Å². The number of rotatable bonds is 6. The Morgan fingerprint density at radius 2 is 1.96 bits per heavy atom. The zero-order valence-electron chi connectivity index (χ0n) is 12.9. The minimum absolute atomic E-state index is 0.527. The van der Waals surface area contributed by atoms with Crippen molar-refractivity contribution in [3.05, 3.63) is 76.2 Å². The van der Waals surface area contributed by atoms with Crippen molar-refractivity contribution >= 4 is 27.8 Å². The normalized spacial score (nSPS) is 12.0. The Kier molecular flexibility index (Phi) is 5.20. The number of thiazole rings is 1. The third kappa shape index (κ3) is 4.27. The van der Waals surface area contributed by atoms with E-state index >= 15 is 0 Å². The van der Waals surface area contributed by atoms with Crippen molar-refractivity contribution in [1.29, 1.82) is 0 Å². The molecular formula is C18H18N2OS2. The van der Waals surface area contributed by atoms with Gasteiger partial charge in [-0.1, -0.05) is 30.3 Å². The molecule has 1 aromatic heterocycles. The Labute approximate surface area is 142 Å². The van der Waals surface area contributed by atoms with Crippen LogP contribution in [0.4, 0.5) is 5.69 Å². The lowest BCUT2D eigenvalue weighted by Crippen LogP contribution is -2.01. The standard InChI is InChI=1S/C18H18N2OS2/c1-14-18(22-13-20-14)11-19-16-7-5-6-15(10-16)12-23(21)17-8-3-2-4-9-17/h2-10,13,19H,11-12H2,1H3/t23-/m1/s1. The molecule has 3 rings (SSSR count). The summed E-state index contributed by atoms with van der Waals surface area (Å²) < 4.78 is 12.4. The second kappa shape index (κ2) is 7.53. The van der Waals surface area contributed by atoms with Crippen LogP contribution in [0.5, 0.6) is 0 Å². The van der Waals surface area contributed by atoms with Gasteiger partial charge in [0.05, 0.1) is 34.3 Å². The van der Waals surface area contributed by atoms with Crippen LogP contribution in [0.3, 0.4) is 0 Å². The maximum atomic E-state index is 12.4. The molecule has 0 radical (unpaired) electrons. The van der Waals surface area contributed by atoms with Gasteiger partial charge >= 0.3 is 0 Å². The maximum absolute atomic E-state index is 12.4. The fourth-order valence-corrected chi connectivity index (χ4v) is 4.08. The number of aromatic nitrogens is 1. The van der Waals surface area contributed by atoms with Gasteiger partial charge in [0.2, 0.25) is 0 Å². The number of nitrogens with one attached hydrogen (secondary N) is 1. The molecule has 0 aliphatic heterocycles. The molecule has 0 unspecified atom stereocenters. The summed E-state index contributed by atoms with van der Waals surface area (Å²) in [5, 5.41) is 3.41. The molecule has 0 bridgehead atoms. The molecule has 1 atom stereocenters. The first-order chi connectivity index (χ1) is 11.2. The van der Waals surface area contributed by atoms with E-state index in [0.29, 0.717) is 5.75 Å². The molecule has 3 aromatic rings. The molecule has 118 valence electrons. The van der Waals surface area contributed by atoms with Gasteiger partial charge in [0.15, 0.2) is 0 Å². The Hall–Kier alpha value is -1.98. The monoisotopic (exact) mass is 342 g/mol. The van der Waals surface area contributed by atoms with E-state index in [4.69, 9.17) is 0 Å². The van der Waals surface area contributed by atoms with Crippen LogP contribution in [0.25, 0.3) is 0 Å². The second-order valence-corrected chi connectivity index (χ2v) is 7.61. The van der Waals surface area contributed by atoms with Crippen LogP contribution < -0.4 is 5.32 Å². The number of nitrogens with zero attached hydrogens (tertiary/aromatic N) is 1. The molecule has 2 aromatic carbocycles. The summed E-state index contributed by atoms with van der Waals surface area (Å²) in [6.45, 7) is 2.79. The minimum Gasteiger partial charge on any atom is -0.380 e. The summed E-state index contributed by atoms with van der Waals surface area (Å²) in [6.07, 6.45) is 0. The van der Waals surface area contributed by atoms with Gasteiger partial charge in [0.25, 0.3) is 0 Å². The Morgan fingerprint density at radius 3 is 2.70 bits per heavy atom.